The van der Waals surface area contributed by atoms with Crippen molar-refractivity contribution in [3.05, 3.63) is 48.3 Å². The van der Waals surface area contributed by atoms with Crippen molar-refractivity contribution in [2.75, 3.05) is 5.32 Å². The van der Waals surface area contributed by atoms with Gasteiger partial charge in [0.15, 0.2) is 0 Å². The number of carbonyl (C=O) groups is 1. The summed E-state index contributed by atoms with van der Waals surface area (Å²) in [6.07, 6.45) is 5.01. The van der Waals surface area contributed by atoms with Gasteiger partial charge < -0.3 is 5.32 Å². The van der Waals surface area contributed by atoms with Crippen molar-refractivity contribution >= 4 is 11.6 Å². The van der Waals surface area contributed by atoms with Crippen LogP contribution >= 0.6 is 0 Å². The first-order valence-corrected chi connectivity index (χ1v) is 6.57. The number of rotatable bonds is 5. The smallest absolute Gasteiger partial charge is 0.226 e. The number of nitrogens with one attached hydrogen (secondary N) is 1. The third kappa shape index (κ3) is 3.68. The molecule has 0 radical (unpaired) electrons. The van der Waals surface area contributed by atoms with E-state index in [1.54, 1.807) is 10.9 Å². The number of aromatic nitrogens is 2. The first-order chi connectivity index (χ1) is 9.19. The molecule has 0 spiro atoms. The summed E-state index contributed by atoms with van der Waals surface area (Å²) in [6.45, 7) is 4.09. The van der Waals surface area contributed by atoms with Crippen LogP contribution in [0.5, 0.6) is 0 Å². The Morgan fingerprint density at radius 3 is 2.68 bits per heavy atom. The van der Waals surface area contributed by atoms with Crippen LogP contribution in [0.2, 0.25) is 0 Å². The number of anilines is 1. The molecule has 100 valence electrons. The highest BCUT2D eigenvalue weighted by molar-refractivity contribution is 5.90. The summed E-state index contributed by atoms with van der Waals surface area (Å²) >= 11 is 0. The average molecular weight is 257 g/mol. The molecule has 2 rings (SSSR count). The molecule has 1 aromatic heterocycles. The van der Waals surface area contributed by atoms with Gasteiger partial charge in [-0.25, -0.2) is 0 Å². The molecule has 0 fully saturated rings. The highest BCUT2D eigenvalue weighted by Gasteiger charge is 2.10. The van der Waals surface area contributed by atoms with Gasteiger partial charge in [0.2, 0.25) is 5.91 Å². The van der Waals surface area contributed by atoms with E-state index in [1.807, 2.05) is 43.5 Å². The molecule has 1 amide bonds. The first kappa shape index (κ1) is 13.3. The number of hydrogen-bond acceptors (Lipinski definition) is 2. The molecular formula is C15H19N3O. The zero-order valence-corrected chi connectivity index (χ0v) is 11.3. The van der Waals surface area contributed by atoms with Crippen molar-refractivity contribution in [3.63, 3.8) is 0 Å². The number of aryl methyl sites for hydroxylation is 1. The van der Waals surface area contributed by atoms with E-state index in [-0.39, 0.29) is 11.9 Å². The van der Waals surface area contributed by atoms with Gasteiger partial charge >= 0.3 is 0 Å². The van der Waals surface area contributed by atoms with Gasteiger partial charge in [-0.2, -0.15) is 5.10 Å². The molecule has 0 aliphatic rings. The number of amides is 1. The molecule has 1 heterocycles. The Hall–Kier alpha value is -2.10. The lowest BCUT2D eigenvalue weighted by molar-refractivity contribution is -0.116. The van der Waals surface area contributed by atoms with Gasteiger partial charge in [0, 0.05) is 24.5 Å². The fourth-order valence-electron chi connectivity index (χ4n) is 1.94. The fourth-order valence-corrected chi connectivity index (χ4v) is 1.94. The number of benzene rings is 1. The van der Waals surface area contributed by atoms with E-state index < -0.39 is 0 Å². The second kappa shape index (κ2) is 6.18. The summed E-state index contributed by atoms with van der Waals surface area (Å²) in [6, 6.07) is 9.87. The minimum Gasteiger partial charge on any atom is -0.326 e. The Labute approximate surface area is 113 Å². The zero-order chi connectivity index (χ0) is 13.7. The maximum atomic E-state index is 11.9. The van der Waals surface area contributed by atoms with E-state index >= 15 is 0 Å². The third-order valence-electron chi connectivity index (χ3n) is 3.10. The molecule has 1 aromatic carbocycles. The van der Waals surface area contributed by atoms with Gasteiger partial charge in [-0.15, -0.1) is 0 Å². The fraction of sp³-hybridized carbons (Fsp3) is 0.333. The lowest BCUT2D eigenvalue weighted by atomic mass is 10.1. The summed E-state index contributed by atoms with van der Waals surface area (Å²) in [5.41, 5.74) is 2.11. The Bertz CT molecular complexity index is 517. The molecule has 4 nitrogen and oxygen atoms in total. The number of carbonyl (C=O) groups excluding carboxylic acids is 1. The van der Waals surface area contributed by atoms with E-state index in [0.717, 1.165) is 12.1 Å². The van der Waals surface area contributed by atoms with Crippen molar-refractivity contribution in [2.45, 2.75) is 32.7 Å². The van der Waals surface area contributed by atoms with Crippen molar-refractivity contribution in [3.8, 4) is 0 Å². The Morgan fingerprint density at radius 2 is 2.11 bits per heavy atom. The van der Waals surface area contributed by atoms with Crippen LogP contribution in [0.1, 0.15) is 31.9 Å². The number of nitrogens with zero attached hydrogens (tertiary/aromatic N) is 2. The quantitative estimate of drug-likeness (QED) is 0.895. The monoisotopic (exact) mass is 257 g/mol. The van der Waals surface area contributed by atoms with Gasteiger partial charge in [-0.1, -0.05) is 19.1 Å². The van der Waals surface area contributed by atoms with Crippen LogP contribution in [0, 0.1) is 0 Å². The second-order valence-corrected chi connectivity index (χ2v) is 4.64. The van der Waals surface area contributed by atoms with Crippen molar-refractivity contribution in [1.82, 2.24) is 9.78 Å². The Morgan fingerprint density at radius 1 is 1.37 bits per heavy atom. The van der Waals surface area contributed by atoms with Crippen LogP contribution < -0.4 is 5.32 Å². The molecule has 0 saturated carbocycles. The maximum Gasteiger partial charge on any atom is 0.226 e. The lowest BCUT2D eigenvalue weighted by Crippen LogP contribution is -2.17. The first-order valence-electron chi connectivity index (χ1n) is 6.57. The molecule has 0 saturated heterocycles. The predicted octanol–water partition coefficient (Wildman–Crippen LogP) is 3.04. The molecule has 0 bridgehead atoms. The highest BCUT2D eigenvalue weighted by Crippen LogP contribution is 2.13. The van der Waals surface area contributed by atoms with Crippen LogP contribution in [0.15, 0.2) is 42.7 Å². The number of hydrogen-bond donors (Lipinski definition) is 1. The molecule has 1 N–H and O–H groups in total. The Kier molecular flexibility index (Phi) is 4.34. The Balaban J connectivity index is 1.90. The van der Waals surface area contributed by atoms with E-state index in [1.165, 1.54) is 5.56 Å². The lowest BCUT2D eigenvalue weighted by Gasteiger charge is -2.12. The molecular weight excluding hydrogens is 238 g/mol. The highest BCUT2D eigenvalue weighted by atomic mass is 16.1. The van der Waals surface area contributed by atoms with Crippen LogP contribution in [0.25, 0.3) is 0 Å². The van der Waals surface area contributed by atoms with Crippen LogP contribution in [0.4, 0.5) is 5.69 Å². The summed E-state index contributed by atoms with van der Waals surface area (Å²) in [4.78, 5) is 11.9. The summed E-state index contributed by atoms with van der Waals surface area (Å²) < 4.78 is 1.79. The van der Waals surface area contributed by atoms with Gasteiger partial charge in [0.25, 0.3) is 0 Å². The maximum absolute atomic E-state index is 11.9. The third-order valence-corrected chi connectivity index (χ3v) is 3.10. The molecule has 0 aliphatic carbocycles. The molecule has 19 heavy (non-hydrogen) atoms. The van der Waals surface area contributed by atoms with Gasteiger partial charge in [0.05, 0.1) is 6.04 Å². The predicted molar refractivity (Wildman–Crippen MR) is 76.0 cm³/mol. The van der Waals surface area contributed by atoms with Crippen LogP contribution in [-0.2, 0) is 11.2 Å². The summed E-state index contributed by atoms with van der Waals surface area (Å²) in [7, 11) is 0. The van der Waals surface area contributed by atoms with E-state index in [9.17, 15) is 4.79 Å². The van der Waals surface area contributed by atoms with E-state index in [2.05, 4.69) is 17.3 Å². The minimum atomic E-state index is 0.00671. The van der Waals surface area contributed by atoms with E-state index in [4.69, 9.17) is 0 Å². The zero-order valence-electron chi connectivity index (χ0n) is 11.3. The molecule has 1 atom stereocenters. The van der Waals surface area contributed by atoms with Crippen molar-refractivity contribution in [2.24, 2.45) is 0 Å². The minimum absolute atomic E-state index is 0.00671. The van der Waals surface area contributed by atoms with Crippen LogP contribution in [0.3, 0.4) is 0 Å². The molecule has 0 aliphatic heterocycles. The summed E-state index contributed by atoms with van der Waals surface area (Å²) in [5, 5.41) is 7.04. The van der Waals surface area contributed by atoms with Crippen LogP contribution in [-0.4, -0.2) is 15.7 Å². The van der Waals surface area contributed by atoms with E-state index in [0.29, 0.717) is 6.42 Å². The molecule has 2 aromatic rings. The second-order valence-electron chi connectivity index (χ2n) is 4.64. The largest absolute Gasteiger partial charge is 0.326 e. The van der Waals surface area contributed by atoms with Gasteiger partial charge in [-0.3, -0.25) is 9.48 Å². The molecule has 0 unspecified atom stereocenters. The summed E-state index contributed by atoms with van der Waals surface area (Å²) in [5.74, 6) is 0.00671. The topological polar surface area (TPSA) is 46.9 Å². The van der Waals surface area contributed by atoms with Gasteiger partial charge in [-0.05, 0) is 37.1 Å². The molecule has 4 heteroatoms. The van der Waals surface area contributed by atoms with Gasteiger partial charge in [0.1, 0.15) is 0 Å². The normalized spacial score (nSPS) is 12.1. The standard InChI is InChI=1S/C15H19N3O/c1-3-13-5-7-14(8-6-13)17-15(19)11-12(2)18-10-4-9-16-18/h4-10,12H,3,11H2,1-2H3,(H,17,19)/t12-/m0/s1. The average Bonchev–Trinajstić information content (AvgIpc) is 2.93. The SMILES string of the molecule is CCc1ccc(NC(=O)C[C@H](C)n2cccn2)cc1. The van der Waals surface area contributed by atoms with Crippen molar-refractivity contribution in [1.29, 1.82) is 0 Å². The van der Waals surface area contributed by atoms with Crippen molar-refractivity contribution < 1.29 is 4.79 Å².